The molecule has 25 heavy (non-hydrogen) atoms. The van der Waals surface area contributed by atoms with Crippen LogP contribution in [0.4, 0.5) is 11.4 Å². The third-order valence-electron chi connectivity index (χ3n) is 3.73. The first-order valence-corrected chi connectivity index (χ1v) is 7.91. The van der Waals surface area contributed by atoms with E-state index >= 15 is 0 Å². The summed E-state index contributed by atoms with van der Waals surface area (Å²) in [6.45, 7) is 1.06. The monoisotopic (exact) mass is 371 g/mol. The minimum atomic E-state index is -0.605. The number of nitrogens with zero attached hydrogens (tertiary/aromatic N) is 3. The number of nitro benzene ring substituents is 1. The number of nitro groups is 1. The van der Waals surface area contributed by atoms with Crippen molar-refractivity contribution in [2.24, 2.45) is 0 Å². The second kappa shape index (κ2) is 8.63. The number of anilines is 1. The first-order chi connectivity index (χ1) is 11.9. The molecule has 0 unspecified atom stereocenters. The maximum atomic E-state index is 12.0. The number of amides is 1. The van der Waals surface area contributed by atoms with E-state index in [4.69, 9.17) is 16.3 Å². The number of hydrogen-bond donors (Lipinski definition) is 0. The van der Waals surface area contributed by atoms with Crippen molar-refractivity contribution < 1.29 is 24.0 Å². The van der Waals surface area contributed by atoms with Gasteiger partial charge in [0, 0.05) is 44.4 Å². The molecule has 0 spiro atoms. The van der Waals surface area contributed by atoms with Crippen LogP contribution in [-0.2, 0) is 19.1 Å². The van der Waals surface area contributed by atoms with Gasteiger partial charge < -0.3 is 19.3 Å². The number of benzene rings is 1. The number of ether oxygens (including phenoxy) is 2. The van der Waals surface area contributed by atoms with Gasteiger partial charge in [-0.05, 0) is 12.1 Å². The van der Waals surface area contributed by atoms with Crippen LogP contribution in [0.15, 0.2) is 18.2 Å². The van der Waals surface area contributed by atoms with Gasteiger partial charge in [-0.25, -0.2) is 4.79 Å². The van der Waals surface area contributed by atoms with Crippen molar-refractivity contribution in [1.82, 2.24) is 4.90 Å². The molecule has 0 aromatic heterocycles. The summed E-state index contributed by atoms with van der Waals surface area (Å²) >= 11 is 5.82. The van der Waals surface area contributed by atoms with E-state index in [1.165, 1.54) is 13.2 Å². The van der Waals surface area contributed by atoms with Gasteiger partial charge in [-0.15, -0.1) is 0 Å². The number of hydrogen-bond acceptors (Lipinski definition) is 7. The molecule has 0 bridgehead atoms. The van der Waals surface area contributed by atoms with Gasteiger partial charge in [-0.2, -0.15) is 0 Å². The van der Waals surface area contributed by atoms with E-state index in [9.17, 15) is 19.7 Å². The van der Waals surface area contributed by atoms with E-state index < -0.39 is 10.9 Å². The smallest absolute Gasteiger partial charge is 0.332 e. The van der Waals surface area contributed by atoms with Crippen molar-refractivity contribution >= 4 is 34.9 Å². The van der Waals surface area contributed by atoms with Crippen molar-refractivity contribution in [3.8, 4) is 0 Å². The number of halogens is 1. The standard InChI is InChI=1S/C15H18ClN3O6/c1-24-10-15(21)25-9-14(20)18-6-4-17(5-7-18)12-3-2-11(16)8-13(12)19(22)23/h2-3,8H,4-7,9-10H2,1H3. The van der Waals surface area contributed by atoms with Crippen LogP contribution in [0.1, 0.15) is 0 Å². The third kappa shape index (κ3) is 5.04. The Labute approximate surface area is 149 Å². The van der Waals surface area contributed by atoms with Gasteiger partial charge in [0.1, 0.15) is 12.3 Å². The summed E-state index contributed by atoms with van der Waals surface area (Å²) in [5.74, 6) is -0.916. The van der Waals surface area contributed by atoms with Gasteiger partial charge in [-0.3, -0.25) is 14.9 Å². The highest BCUT2D eigenvalue weighted by Gasteiger charge is 2.26. The fraction of sp³-hybridized carbons (Fsp3) is 0.467. The topological polar surface area (TPSA) is 102 Å². The zero-order chi connectivity index (χ0) is 18.4. The lowest BCUT2D eigenvalue weighted by Gasteiger charge is -2.35. The average molecular weight is 372 g/mol. The molecule has 0 aliphatic carbocycles. The van der Waals surface area contributed by atoms with E-state index in [1.54, 1.807) is 17.0 Å². The number of carbonyl (C=O) groups excluding carboxylic acids is 2. The summed E-state index contributed by atoms with van der Waals surface area (Å²) in [6.07, 6.45) is 0. The van der Waals surface area contributed by atoms with E-state index in [0.29, 0.717) is 36.9 Å². The second-order valence-electron chi connectivity index (χ2n) is 5.35. The van der Waals surface area contributed by atoms with Crippen molar-refractivity contribution in [3.05, 3.63) is 33.3 Å². The van der Waals surface area contributed by atoms with Crippen LogP contribution in [0.25, 0.3) is 0 Å². The van der Waals surface area contributed by atoms with E-state index in [0.717, 1.165) is 0 Å². The lowest BCUT2D eigenvalue weighted by molar-refractivity contribution is -0.384. The molecule has 1 aliphatic rings. The minimum absolute atomic E-state index is 0.0687. The molecular formula is C15H18ClN3O6. The molecule has 0 atom stereocenters. The molecule has 1 aliphatic heterocycles. The molecule has 1 fully saturated rings. The molecule has 0 saturated carbocycles. The Kier molecular flexibility index (Phi) is 6.54. The van der Waals surface area contributed by atoms with Gasteiger partial charge in [0.25, 0.3) is 11.6 Å². The third-order valence-corrected chi connectivity index (χ3v) is 3.96. The first-order valence-electron chi connectivity index (χ1n) is 7.53. The van der Waals surface area contributed by atoms with Crippen LogP contribution < -0.4 is 4.90 Å². The zero-order valence-corrected chi connectivity index (χ0v) is 14.4. The van der Waals surface area contributed by atoms with E-state index in [-0.39, 0.29) is 24.8 Å². The summed E-state index contributed by atoms with van der Waals surface area (Å²) in [7, 11) is 1.36. The van der Waals surface area contributed by atoms with E-state index in [2.05, 4.69) is 4.74 Å². The Morgan fingerprint density at radius 1 is 1.24 bits per heavy atom. The van der Waals surface area contributed by atoms with Crippen molar-refractivity contribution in [2.45, 2.75) is 0 Å². The number of piperazine rings is 1. The predicted molar refractivity (Wildman–Crippen MR) is 89.7 cm³/mol. The van der Waals surface area contributed by atoms with Crippen LogP contribution in [0.3, 0.4) is 0 Å². The van der Waals surface area contributed by atoms with E-state index in [1.807, 2.05) is 4.90 Å². The lowest BCUT2D eigenvalue weighted by Crippen LogP contribution is -2.50. The molecule has 1 saturated heterocycles. The molecule has 136 valence electrons. The number of carbonyl (C=O) groups is 2. The van der Waals surface area contributed by atoms with Crippen LogP contribution in [-0.4, -0.2) is 68.2 Å². The summed E-state index contributed by atoms with van der Waals surface area (Å²) in [5.41, 5.74) is 0.397. The number of methoxy groups -OCH3 is 1. The Morgan fingerprint density at radius 3 is 2.52 bits per heavy atom. The molecule has 2 rings (SSSR count). The van der Waals surface area contributed by atoms with Crippen LogP contribution in [0.5, 0.6) is 0 Å². The number of rotatable bonds is 6. The highest BCUT2D eigenvalue weighted by molar-refractivity contribution is 6.30. The van der Waals surface area contributed by atoms with Crippen LogP contribution >= 0.6 is 11.6 Å². The minimum Gasteiger partial charge on any atom is -0.454 e. The maximum Gasteiger partial charge on any atom is 0.332 e. The Balaban J connectivity index is 1.92. The van der Waals surface area contributed by atoms with Gasteiger partial charge in [0.05, 0.1) is 4.92 Å². The highest BCUT2D eigenvalue weighted by atomic mass is 35.5. The summed E-state index contributed by atoms with van der Waals surface area (Å²) in [6, 6.07) is 4.50. The van der Waals surface area contributed by atoms with Crippen molar-refractivity contribution in [3.63, 3.8) is 0 Å². The van der Waals surface area contributed by atoms with Gasteiger partial charge in [-0.1, -0.05) is 11.6 Å². The number of esters is 1. The summed E-state index contributed by atoms with van der Waals surface area (Å²) in [5, 5.41) is 11.5. The lowest BCUT2D eigenvalue weighted by atomic mass is 10.2. The average Bonchev–Trinajstić information content (AvgIpc) is 2.60. The van der Waals surface area contributed by atoms with Crippen LogP contribution in [0.2, 0.25) is 5.02 Å². The Bertz CT molecular complexity index is 661. The quantitative estimate of drug-likeness (QED) is 0.419. The second-order valence-corrected chi connectivity index (χ2v) is 5.79. The van der Waals surface area contributed by atoms with Gasteiger partial charge in [0.15, 0.2) is 6.61 Å². The molecule has 10 heteroatoms. The van der Waals surface area contributed by atoms with Crippen molar-refractivity contribution in [2.75, 3.05) is 51.4 Å². The molecule has 9 nitrogen and oxygen atoms in total. The normalized spacial score (nSPS) is 14.3. The SMILES string of the molecule is COCC(=O)OCC(=O)N1CCN(c2ccc(Cl)cc2[N+](=O)[O-])CC1. The maximum absolute atomic E-state index is 12.0. The first kappa shape index (κ1) is 18.9. The Morgan fingerprint density at radius 2 is 1.92 bits per heavy atom. The molecule has 1 aromatic carbocycles. The van der Waals surface area contributed by atoms with Gasteiger partial charge in [0.2, 0.25) is 0 Å². The molecule has 1 heterocycles. The summed E-state index contributed by atoms with van der Waals surface area (Å²) < 4.78 is 9.41. The van der Waals surface area contributed by atoms with Gasteiger partial charge >= 0.3 is 5.97 Å². The zero-order valence-electron chi connectivity index (χ0n) is 13.6. The fourth-order valence-corrected chi connectivity index (χ4v) is 2.67. The molecule has 0 N–H and O–H groups in total. The highest BCUT2D eigenvalue weighted by Crippen LogP contribution is 2.31. The Hall–Kier alpha value is -2.39. The predicted octanol–water partition coefficient (Wildman–Crippen LogP) is 1.09. The molecule has 0 radical (unpaired) electrons. The van der Waals surface area contributed by atoms with Crippen molar-refractivity contribution in [1.29, 1.82) is 0 Å². The summed E-state index contributed by atoms with van der Waals surface area (Å²) in [4.78, 5) is 37.3. The largest absolute Gasteiger partial charge is 0.454 e. The van der Waals surface area contributed by atoms with Crippen LogP contribution in [0, 0.1) is 10.1 Å². The fourth-order valence-electron chi connectivity index (χ4n) is 2.50. The molecule has 1 aromatic rings. The molecular weight excluding hydrogens is 354 g/mol. The molecule has 1 amide bonds.